The van der Waals surface area contributed by atoms with Gasteiger partial charge in [0, 0.05) is 18.8 Å². The van der Waals surface area contributed by atoms with E-state index in [1.165, 1.54) is 12.4 Å². The number of rotatable bonds is 3. The zero-order valence-electron chi connectivity index (χ0n) is 6.60. The average molecular weight is 187 g/mol. The van der Waals surface area contributed by atoms with Gasteiger partial charge >= 0.3 is 0 Å². The van der Waals surface area contributed by atoms with Crippen molar-refractivity contribution < 1.29 is 13.2 Å². The van der Waals surface area contributed by atoms with E-state index in [0.29, 0.717) is 5.56 Å². The smallest absolute Gasteiger partial charge is 0.235 e. The maximum atomic E-state index is 10.9. The lowest BCUT2D eigenvalue weighted by atomic mass is 10.3. The van der Waals surface area contributed by atoms with Crippen LogP contribution in [0.1, 0.15) is 5.56 Å². The van der Waals surface area contributed by atoms with Crippen LogP contribution in [-0.2, 0) is 21.2 Å². The van der Waals surface area contributed by atoms with Gasteiger partial charge in [-0.25, -0.2) is 8.42 Å². The lowest BCUT2D eigenvalue weighted by Gasteiger charge is -1.95. The van der Waals surface area contributed by atoms with Gasteiger partial charge in [-0.1, -0.05) is 0 Å². The van der Waals surface area contributed by atoms with Crippen LogP contribution in [0.15, 0.2) is 18.5 Å². The van der Waals surface area contributed by atoms with Crippen LogP contribution in [-0.4, -0.2) is 24.9 Å². The quantitative estimate of drug-likeness (QED) is 0.628. The number of aromatic nitrogens is 1. The second-order valence-corrected chi connectivity index (χ2v) is 4.37. The van der Waals surface area contributed by atoms with Gasteiger partial charge in [-0.2, -0.15) is 0 Å². The minimum Gasteiger partial charge on any atom is -0.303 e. The predicted molar refractivity (Wildman–Crippen MR) is 44.4 cm³/mol. The van der Waals surface area contributed by atoms with Gasteiger partial charge in [0.15, 0.2) is 0 Å². The van der Waals surface area contributed by atoms with E-state index in [-0.39, 0.29) is 6.42 Å². The Labute approximate surface area is 70.9 Å². The highest BCUT2D eigenvalue weighted by Gasteiger charge is 2.04. The molecule has 0 aliphatic rings. The summed E-state index contributed by atoms with van der Waals surface area (Å²) in [6.07, 6.45) is 4.96. The molecule has 12 heavy (non-hydrogen) atoms. The molecule has 0 saturated carbocycles. The van der Waals surface area contributed by atoms with Gasteiger partial charge < -0.3 is 4.79 Å². The Morgan fingerprint density at radius 3 is 2.67 bits per heavy atom. The molecule has 1 aromatic heterocycles. The maximum Gasteiger partial charge on any atom is 0.235 e. The van der Waals surface area contributed by atoms with E-state index >= 15 is 0 Å². The molecule has 0 amide bonds. The largest absolute Gasteiger partial charge is 0.303 e. The summed E-state index contributed by atoms with van der Waals surface area (Å²) in [5, 5.41) is 0. The molecule has 1 heterocycles. The summed E-state index contributed by atoms with van der Waals surface area (Å²) in [5.74, 6) is 0. The first-order chi connectivity index (χ1) is 5.54. The molecule has 0 bridgehead atoms. The van der Waals surface area contributed by atoms with E-state index in [1.54, 1.807) is 6.07 Å². The molecule has 0 saturated heterocycles. The summed E-state index contributed by atoms with van der Waals surface area (Å²) in [7, 11) is -3.20. The molecule has 1 rings (SSSR count). The number of hydrogen-bond donors (Lipinski definition) is 0. The molecule has 66 valence electrons. The van der Waals surface area contributed by atoms with Crippen molar-refractivity contribution >= 4 is 16.3 Å². The third-order valence-electron chi connectivity index (χ3n) is 1.43. The third-order valence-corrected chi connectivity index (χ3v) is 2.42. The molecule has 0 aliphatic heterocycles. The van der Waals surface area contributed by atoms with E-state index in [2.05, 4.69) is 0 Å². The molecule has 0 atom stereocenters. The standard InChI is InChI=1S/C7H9NO3S/c1-12(10,11)8-4-2-7(6-8)3-5-9/h2,4-6H,3H2,1H3. The van der Waals surface area contributed by atoms with Gasteiger partial charge in [0.25, 0.3) is 0 Å². The summed E-state index contributed by atoms with van der Waals surface area (Å²) in [4.78, 5) is 10.1. The normalized spacial score (nSPS) is 11.4. The van der Waals surface area contributed by atoms with E-state index in [4.69, 9.17) is 0 Å². The monoisotopic (exact) mass is 187 g/mol. The molecular weight excluding hydrogens is 178 g/mol. The second-order valence-electron chi connectivity index (χ2n) is 2.48. The minimum atomic E-state index is -3.20. The number of nitrogens with zero attached hydrogens (tertiary/aromatic N) is 1. The molecule has 1 aromatic rings. The van der Waals surface area contributed by atoms with Crippen molar-refractivity contribution in [3.8, 4) is 0 Å². The van der Waals surface area contributed by atoms with E-state index in [9.17, 15) is 13.2 Å². The van der Waals surface area contributed by atoms with Crippen molar-refractivity contribution in [1.82, 2.24) is 3.97 Å². The number of hydrogen-bond acceptors (Lipinski definition) is 3. The number of carbonyl (C=O) groups excluding carboxylic acids is 1. The lowest BCUT2D eigenvalue weighted by molar-refractivity contribution is -0.107. The summed E-state index contributed by atoms with van der Waals surface area (Å²) >= 11 is 0. The summed E-state index contributed by atoms with van der Waals surface area (Å²) in [6, 6.07) is 1.61. The summed E-state index contributed by atoms with van der Waals surface area (Å²) < 4.78 is 22.9. The Morgan fingerprint density at radius 1 is 1.58 bits per heavy atom. The highest BCUT2D eigenvalue weighted by Crippen LogP contribution is 2.03. The molecule has 0 aromatic carbocycles. The predicted octanol–water partition coefficient (Wildman–Crippen LogP) is 0.0372. The Kier molecular flexibility index (Phi) is 2.32. The van der Waals surface area contributed by atoms with Crippen molar-refractivity contribution in [3.63, 3.8) is 0 Å². The van der Waals surface area contributed by atoms with Crippen LogP contribution < -0.4 is 0 Å². The van der Waals surface area contributed by atoms with Gasteiger partial charge in [0.1, 0.15) is 6.29 Å². The van der Waals surface area contributed by atoms with Crippen LogP contribution in [0.2, 0.25) is 0 Å². The third kappa shape index (κ3) is 1.94. The van der Waals surface area contributed by atoms with Crippen LogP contribution in [0, 0.1) is 0 Å². The van der Waals surface area contributed by atoms with E-state index < -0.39 is 10.0 Å². The fourth-order valence-corrected chi connectivity index (χ4v) is 1.45. The molecule has 0 aliphatic carbocycles. The molecule has 0 radical (unpaired) electrons. The van der Waals surface area contributed by atoms with Crippen molar-refractivity contribution in [2.45, 2.75) is 6.42 Å². The van der Waals surface area contributed by atoms with E-state index in [1.807, 2.05) is 0 Å². The highest BCUT2D eigenvalue weighted by molar-refractivity contribution is 7.89. The topological polar surface area (TPSA) is 56.1 Å². The zero-order valence-corrected chi connectivity index (χ0v) is 7.41. The van der Waals surface area contributed by atoms with Crippen molar-refractivity contribution in [2.75, 3.05) is 6.26 Å². The highest BCUT2D eigenvalue weighted by atomic mass is 32.2. The molecule has 5 heteroatoms. The number of carbonyl (C=O) groups is 1. The summed E-state index contributed by atoms with van der Waals surface area (Å²) in [5.41, 5.74) is 0.704. The van der Waals surface area contributed by atoms with Crippen molar-refractivity contribution in [3.05, 3.63) is 24.0 Å². The Bertz CT molecular complexity index is 377. The zero-order chi connectivity index (χ0) is 9.19. The van der Waals surface area contributed by atoms with Crippen LogP contribution in [0.25, 0.3) is 0 Å². The first-order valence-corrected chi connectivity index (χ1v) is 5.20. The molecule has 0 N–H and O–H groups in total. The molecule has 0 fully saturated rings. The van der Waals surface area contributed by atoms with Gasteiger partial charge in [0.05, 0.1) is 6.26 Å². The molecule has 0 unspecified atom stereocenters. The minimum absolute atomic E-state index is 0.252. The van der Waals surface area contributed by atoms with Crippen LogP contribution >= 0.6 is 0 Å². The first kappa shape index (κ1) is 8.99. The Morgan fingerprint density at radius 2 is 2.25 bits per heavy atom. The molecule has 4 nitrogen and oxygen atoms in total. The van der Waals surface area contributed by atoms with E-state index in [0.717, 1.165) is 16.5 Å². The molecular formula is C7H9NO3S. The fourth-order valence-electron chi connectivity index (χ4n) is 0.842. The van der Waals surface area contributed by atoms with Crippen LogP contribution in [0.5, 0.6) is 0 Å². The van der Waals surface area contributed by atoms with Crippen molar-refractivity contribution in [2.24, 2.45) is 0 Å². The first-order valence-electron chi connectivity index (χ1n) is 3.35. The average Bonchev–Trinajstić information content (AvgIpc) is 2.35. The Balaban J connectivity index is 2.99. The van der Waals surface area contributed by atoms with Crippen molar-refractivity contribution in [1.29, 1.82) is 0 Å². The fraction of sp³-hybridized carbons (Fsp3) is 0.286. The van der Waals surface area contributed by atoms with Gasteiger partial charge in [-0.15, -0.1) is 0 Å². The lowest BCUT2D eigenvalue weighted by Crippen LogP contribution is -2.06. The van der Waals surface area contributed by atoms with Gasteiger partial charge in [0.2, 0.25) is 10.0 Å². The van der Waals surface area contributed by atoms with Crippen LogP contribution in [0.3, 0.4) is 0 Å². The maximum absolute atomic E-state index is 10.9. The second kappa shape index (κ2) is 3.10. The van der Waals surface area contributed by atoms with Crippen LogP contribution in [0.4, 0.5) is 0 Å². The SMILES string of the molecule is CS(=O)(=O)n1ccc(CC=O)c1. The number of aldehydes is 1. The summed E-state index contributed by atoms with van der Waals surface area (Å²) in [6.45, 7) is 0. The Hall–Kier alpha value is -1.10. The molecule has 0 spiro atoms. The van der Waals surface area contributed by atoms with Gasteiger partial charge in [-0.05, 0) is 11.6 Å². The van der Waals surface area contributed by atoms with Gasteiger partial charge in [-0.3, -0.25) is 3.97 Å².